The zero-order chi connectivity index (χ0) is 29.9. The van der Waals surface area contributed by atoms with Crippen LogP contribution in [0.4, 0.5) is 15.3 Å². The number of ether oxygens (including phenoxy) is 4. The first kappa shape index (κ1) is 29.5. The third-order valence-corrected chi connectivity index (χ3v) is 9.23. The number of nitrogens with zero attached hydrogens (tertiary/aromatic N) is 3. The molecule has 0 saturated carbocycles. The number of nitrogens with one attached hydrogen (secondary N) is 1. The average molecular weight is 603 g/mol. The van der Waals surface area contributed by atoms with Gasteiger partial charge in [0.2, 0.25) is 0 Å². The Kier molecular flexibility index (Phi) is 8.73. The maximum Gasteiger partial charge on any atom is 0.421 e. The summed E-state index contributed by atoms with van der Waals surface area (Å²) in [6.07, 6.45) is 0.388. The number of carbonyl (C=O) groups is 3. The molecule has 3 amide bonds. The molecule has 2 fully saturated rings. The van der Waals surface area contributed by atoms with Crippen molar-refractivity contribution in [2.75, 3.05) is 45.3 Å². The Hall–Kier alpha value is -4.04. The molecule has 2 aromatic rings. The van der Waals surface area contributed by atoms with Gasteiger partial charge in [0.05, 0.1) is 25.5 Å². The Morgan fingerprint density at radius 2 is 1.69 bits per heavy atom. The van der Waals surface area contributed by atoms with E-state index < -0.39 is 16.3 Å². The highest BCUT2D eigenvalue weighted by Crippen LogP contribution is 2.33. The lowest BCUT2D eigenvalue weighted by atomic mass is 10.00. The second-order valence-corrected chi connectivity index (χ2v) is 11.9. The number of amides is 3. The van der Waals surface area contributed by atoms with Crippen LogP contribution in [0.25, 0.3) is 0 Å². The Balaban J connectivity index is 1.17. The number of anilines is 1. The molecule has 1 N–H and O–H groups in total. The highest BCUT2D eigenvalue weighted by Gasteiger charge is 2.36. The molecule has 3 heterocycles. The molecule has 5 rings (SSSR count). The van der Waals surface area contributed by atoms with Gasteiger partial charge in [0.15, 0.2) is 0 Å². The third kappa shape index (κ3) is 6.23. The van der Waals surface area contributed by atoms with Crippen LogP contribution >= 0.6 is 0 Å². The summed E-state index contributed by atoms with van der Waals surface area (Å²) in [7, 11) is -1.41. The number of rotatable bonds is 7. The Bertz CT molecular complexity index is 1430. The number of likely N-dealkylation sites (tertiary alicyclic amines) is 1. The van der Waals surface area contributed by atoms with Crippen LogP contribution < -0.4 is 19.1 Å². The van der Waals surface area contributed by atoms with Gasteiger partial charge in [-0.25, -0.2) is 14.3 Å². The maximum atomic E-state index is 13.5. The summed E-state index contributed by atoms with van der Waals surface area (Å²) >= 11 is 0. The second-order valence-electron chi connectivity index (χ2n) is 10.3. The lowest BCUT2D eigenvalue weighted by Crippen LogP contribution is -2.50. The molecule has 3 aliphatic heterocycles. The molecule has 3 aliphatic rings. The van der Waals surface area contributed by atoms with Gasteiger partial charge in [0, 0.05) is 43.9 Å². The van der Waals surface area contributed by atoms with Crippen LogP contribution in [0.3, 0.4) is 0 Å². The molecule has 0 spiro atoms. The lowest BCUT2D eigenvalue weighted by molar-refractivity contribution is 0.0705. The number of carbonyl (C=O) groups excluding carboxylic acids is 3. The molecule has 14 heteroatoms. The van der Waals surface area contributed by atoms with Crippen molar-refractivity contribution in [3.63, 3.8) is 0 Å². The van der Waals surface area contributed by atoms with Crippen molar-refractivity contribution in [3.8, 4) is 11.5 Å². The van der Waals surface area contributed by atoms with E-state index in [1.165, 1.54) is 11.4 Å². The quantitative estimate of drug-likeness (QED) is 0.506. The van der Waals surface area contributed by atoms with Gasteiger partial charge in [-0.1, -0.05) is 18.2 Å². The lowest BCUT2D eigenvalue weighted by Gasteiger charge is -2.40. The summed E-state index contributed by atoms with van der Waals surface area (Å²) in [6, 6.07) is 12.7. The molecule has 0 aliphatic carbocycles. The standard InChI is InChI=1S/C28H34N4O9S/c1-38-25-17-22(41-21-11-15-31(16-12-21)42(36,37)29-27(34)39-2)7-8-23(25)26(33)30-13-9-20(10-14-30)32-24-6-4-3-5-19(24)18-40-28(32)35/h3-8,17,20-21H,9-16,18H2,1-2H3,(H,29,34). The van der Waals surface area contributed by atoms with Gasteiger partial charge in [-0.05, 0) is 43.9 Å². The number of cyclic esters (lactones) is 1. The minimum atomic E-state index is -3.99. The number of para-hydroxylation sites is 1. The average Bonchev–Trinajstić information content (AvgIpc) is 3.00. The normalized spacial score (nSPS) is 18.6. The van der Waals surface area contributed by atoms with E-state index in [1.54, 1.807) is 28.0 Å². The summed E-state index contributed by atoms with van der Waals surface area (Å²) < 4.78 is 49.0. The van der Waals surface area contributed by atoms with E-state index in [9.17, 15) is 22.8 Å². The van der Waals surface area contributed by atoms with Crippen LogP contribution in [-0.2, 0) is 26.3 Å². The van der Waals surface area contributed by atoms with E-state index in [1.807, 2.05) is 29.0 Å². The van der Waals surface area contributed by atoms with Crippen molar-refractivity contribution in [1.82, 2.24) is 13.9 Å². The zero-order valence-electron chi connectivity index (χ0n) is 23.5. The van der Waals surface area contributed by atoms with E-state index in [-0.39, 0.29) is 43.8 Å². The highest BCUT2D eigenvalue weighted by molar-refractivity contribution is 7.87. The molecular formula is C28H34N4O9S. The minimum Gasteiger partial charge on any atom is -0.496 e. The van der Waals surface area contributed by atoms with Crippen molar-refractivity contribution in [1.29, 1.82) is 0 Å². The van der Waals surface area contributed by atoms with Crippen molar-refractivity contribution in [2.24, 2.45) is 0 Å². The number of hydrogen-bond acceptors (Lipinski definition) is 9. The molecule has 0 aromatic heterocycles. The van der Waals surface area contributed by atoms with Crippen molar-refractivity contribution in [3.05, 3.63) is 53.6 Å². The molecule has 0 radical (unpaired) electrons. The summed E-state index contributed by atoms with van der Waals surface area (Å²) in [4.78, 5) is 40.9. The van der Waals surface area contributed by atoms with E-state index in [0.717, 1.165) is 18.4 Å². The fourth-order valence-corrected chi connectivity index (χ4v) is 6.65. The van der Waals surface area contributed by atoms with Gasteiger partial charge in [0.1, 0.15) is 24.2 Å². The topological polar surface area (TPSA) is 144 Å². The van der Waals surface area contributed by atoms with Crippen LogP contribution in [0, 0.1) is 0 Å². The van der Waals surface area contributed by atoms with Crippen LogP contribution in [-0.4, -0.2) is 88.3 Å². The first-order valence-corrected chi connectivity index (χ1v) is 15.2. The minimum absolute atomic E-state index is 0.0710. The number of fused-ring (bicyclic) bond motifs is 1. The van der Waals surface area contributed by atoms with Crippen LogP contribution in [0.2, 0.25) is 0 Å². The number of methoxy groups -OCH3 is 2. The number of hydrogen-bond donors (Lipinski definition) is 1. The fourth-order valence-electron chi connectivity index (χ4n) is 5.53. The van der Waals surface area contributed by atoms with E-state index in [2.05, 4.69) is 4.74 Å². The second kappa shape index (κ2) is 12.4. The van der Waals surface area contributed by atoms with Gasteiger partial charge in [-0.15, -0.1) is 0 Å². The first-order valence-electron chi connectivity index (χ1n) is 13.7. The molecule has 0 bridgehead atoms. The first-order chi connectivity index (χ1) is 20.2. The van der Waals surface area contributed by atoms with Gasteiger partial charge in [-0.2, -0.15) is 12.7 Å². The number of piperidine rings is 2. The molecular weight excluding hydrogens is 568 g/mol. The van der Waals surface area contributed by atoms with Gasteiger partial charge in [0.25, 0.3) is 5.91 Å². The smallest absolute Gasteiger partial charge is 0.421 e. The van der Waals surface area contributed by atoms with Gasteiger partial charge < -0.3 is 23.8 Å². The zero-order valence-corrected chi connectivity index (χ0v) is 24.3. The molecule has 2 aromatic carbocycles. The van der Waals surface area contributed by atoms with Crippen molar-refractivity contribution < 1.29 is 41.7 Å². The highest BCUT2D eigenvalue weighted by atomic mass is 32.2. The maximum absolute atomic E-state index is 13.5. The Morgan fingerprint density at radius 3 is 2.38 bits per heavy atom. The molecule has 2 saturated heterocycles. The van der Waals surface area contributed by atoms with E-state index >= 15 is 0 Å². The molecule has 42 heavy (non-hydrogen) atoms. The van der Waals surface area contributed by atoms with Crippen molar-refractivity contribution in [2.45, 2.75) is 44.4 Å². The number of benzene rings is 2. The van der Waals surface area contributed by atoms with Gasteiger partial charge in [-0.3, -0.25) is 9.69 Å². The summed E-state index contributed by atoms with van der Waals surface area (Å²) in [5, 5.41) is 0. The summed E-state index contributed by atoms with van der Waals surface area (Å²) in [6.45, 7) is 1.55. The predicted molar refractivity (Wildman–Crippen MR) is 151 cm³/mol. The van der Waals surface area contributed by atoms with Crippen LogP contribution in [0.15, 0.2) is 42.5 Å². The van der Waals surface area contributed by atoms with Crippen LogP contribution in [0.1, 0.15) is 41.6 Å². The Morgan fingerprint density at radius 1 is 0.976 bits per heavy atom. The van der Waals surface area contributed by atoms with Crippen molar-refractivity contribution >= 4 is 34.0 Å². The van der Waals surface area contributed by atoms with Gasteiger partial charge >= 0.3 is 22.4 Å². The van der Waals surface area contributed by atoms with Crippen LogP contribution in [0.5, 0.6) is 11.5 Å². The largest absolute Gasteiger partial charge is 0.496 e. The third-order valence-electron chi connectivity index (χ3n) is 7.76. The molecule has 0 unspecified atom stereocenters. The summed E-state index contributed by atoms with van der Waals surface area (Å²) in [5.74, 6) is 0.698. The predicted octanol–water partition coefficient (Wildman–Crippen LogP) is 2.90. The molecule has 13 nitrogen and oxygen atoms in total. The summed E-state index contributed by atoms with van der Waals surface area (Å²) in [5.41, 5.74) is 2.23. The van der Waals surface area contributed by atoms with E-state index in [4.69, 9.17) is 14.2 Å². The SMILES string of the molecule is COC(=O)NS(=O)(=O)N1CCC(Oc2ccc(C(=O)N3CCC(N4C(=O)OCc5ccccc54)CC3)c(OC)c2)CC1. The van der Waals surface area contributed by atoms with E-state index in [0.29, 0.717) is 55.8 Å². The molecule has 226 valence electrons. The Labute approximate surface area is 244 Å². The monoisotopic (exact) mass is 602 g/mol. The molecule has 0 atom stereocenters. The fraction of sp³-hybridized carbons (Fsp3) is 0.464.